The Labute approximate surface area is 123 Å². The van der Waals surface area contributed by atoms with Gasteiger partial charge in [0.1, 0.15) is 6.33 Å². The molecule has 0 radical (unpaired) electrons. The molecule has 1 amide bonds. The molecule has 7 nitrogen and oxygen atoms in total. The number of hydrogen-bond acceptors (Lipinski definition) is 4. The number of aryl methyl sites for hydroxylation is 1. The van der Waals surface area contributed by atoms with Gasteiger partial charge in [0.25, 0.3) is 0 Å². The molecule has 0 atom stereocenters. The van der Waals surface area contributed by atoms with Crippen LogP contribution in [0.25, 0.3) is 0 Å². The number of amides is 1. The summed E-state index contributed by atoms with van der Waals surface area (Å²) < 4.78 is 3.57. The molecule has 1 N–H and O–H groups in total. The van der Waals surface area contributed by atoms with Crippen molar-refractivity contribution in [1.29, 1.82) is 0 Å². The standard InChI is InChI=1S/C14H20N6O/c1-19-9-11(8-16-19)7-13(21)17-14-15-10-20(18-14)12-5-3-2-4-6-12/h8-10,12H,2-7H2,1H3,(H,17,18,21). The molecule has 21 heavy (non-hydrogen) atoms. The number of aromatic nitrogens is 5. The molecule has 0 saturated heterocycles. The summed E-state index contributed by atoms with van der Waals surface area (Å²) in [5.74, 6) is 0.263. The van der Waals surface area contributed by atoms with Crippen molar-refractivity contribution in [2.75, 3.05) is 5.32 Å². The van der Waals surface area contributed by atoms with Crippen LogP contribution in [0, 0.1) is 0 Å². The molecule has 0 spiro atoms. The highest BCUT2D eigenvalue weighted by molar-refractivity contribution is 5.90. The third-order valence-electron chi connectivity index (χ3n) is 3.83. The zero-order chi connectivity index (χ0) is 14.7. The van der Waals surface area contributed by atoms with Crippen molar-refractivity contribution in [3.05, 3.63) is 24.3 Å². The normalized spacial score (nSPS) is 16.0. The average Bonchev–Trinajstić information content (AvgIpc) is 3.09. The Morgan fingerprint density at radius 3 is 2.90 bits per heavy atom. The van der Waals surface area contributed by atoms with E-state index in [4.69, 9.17) is 0 Å². The molecular formula is C14H20N6O. The Hall–Kier alpha value is -2.18. The van der Waals surface area contributed by atoms with Crippen molar-refractivity contribution >= 4 is 11.9 Å². The van der Waals surface area contributed by atoms with E-state index in [1.54, 1.807) is 17.2 Å². The van der Waals surface area contributed by atoms with Gasteiger partial charge in [-0.3, -0.25) is 14.8 Å². The van der Waals surface area contributed by atoms with Crippen molar-refractivity contribution in [3.8, 4) is 0 Å². The molecule has 0 aliphatic heterocycles. The lowest BCUT2D eigenvalue weighted by atomic mass is 9.96. The molecule has 3 rings (SSSR count). The number of rotatable bonds is 4. The summed E-state index contributed by atoms with van der Waals surface area (Å²) in [5.41, 5.74) is 0.877. The third-order valence-corrected chi connectivity index (χ3v) is 3.83. The summed E-state index contributed by atoms with van der Waals surface area (Å²) in [6.45, 7) is 0. The monoisotopic (exact) mass is 288 g/mol. The Morgan fingerprint density at radius 1 is 1.38 bits per heavy atom. The van der Waals surface area contributed by atoms with Gasteiger partial charge in [0, 0.05) is 13.2 Å². The fourth-order valence-electron chi connectivity index (χ4n) is 2.77. The first-order valence-electron chi connectivity index (χ1n) is 7.39. The van der Waals surface area contributed by atoms with Gasteiger partial charge in [0.15, 0.2) is 0 Å². The summed E-state index contributed by atoms with van der Waals surface area (Å²) in [4.78, 5) is 16.1. The van der Waals surface area contributed by atoms with Crippen LogP contribution in [-0.2, 0) is 18.3 Å². The number of carbonyl (C=O) groups is 1. The first-order chi connectivity index (χ1) is 10.2. The van der Waals surface area contributed by atoms with Crippen LogP contribution in [0.1, 0.15) is 43.7 Å². The van der Waals surface area contributed by atoms with Gasteiger partial charge in [-0.25, -0.2) is 9.67 Å². The van der Waals surface area contributed by atoms with Gasteiger partial charge in [-0.1, -0.05) is 19.3 Å². The fraction of sp³-hybridized carbons (Fsp3) is 0.571. The van der Waals surface area contributed by atoms with Crippen LogP contribution in [0.5, 0.6) is 0 Å². The molecule has 7 heteroatoms. The fourth-order valence-corrected chi connectivity index (χ4v) is 2.77. The first-order valence-corrected chi connectivity index (χ1v) is 7.39. The van der Waals surface area contributed by atoms with Crippen LogP contribution in [0.3, 0.4) is 0 Å². The molecule has 112 valence electrons. The second-order valence-corrected chi connectivity index (χ2v) is 5.59. The largest absolute Gasteiger partial charge is 0.293 e. The first kappa shape index (κ1) is 13.8. The molecule has 1 aliphatic rings. The molecule has 1 aliphatic carbocycles. The topological polar surface area (TPSA) is 77.6 Å². The van der Waals surface area contributed by atoms with Crippen LogP contribution in [0.2, 0.25) is 0 Å². The van der Waals surface area contributed by atoms with E-state index in [1.807, 2.05) is 17.9 Å². The minimum atomic E-state index is -0.121. The van der Waals surface area contributed by atoms with Crippen LogP contribution in [0.4, 0.5) is 5.95 Å². The predicted molar refractivity (Wildman–Crippen MR) is 77.7 cm³/mol. The van der Waals surface area contributed by atoms with E-state index in [0.717, 1.165) is 18.4 Å². The van der Waals surface area contributed by atoms with Gasteiger partial charge in [-0.05, 0) is 18.4 Å². The summed E-state index contributed by atoms with van der Waals surface area (Å²) in [5, 5.41) is 11.2. The molecule has 2 heterocycles. The Balaban J connectivity index is 1.57. The maximum atomic E-state index is 11.9. The van der Waals surface area contributed by atoms with Gasteiger partial charge in [0.2, 0.25) is 11.9 Å². The molecule has 0 unspecified atom stereocenters. The third kappa shape index (κ3) is 3.48. The number of nitrogens with one attached hydrogen (secondary N) is 1. The molecular weight excluding hydrogens is 268 g/mol. The van der Waals surface area contributed by atoms with E-state index in [1.165, 1.54) is 19.3 Å². The summed E-state index contributed by atoms with van der Waals surface area (Å²) >= 11 is 0. The second kappa shape index (κ2) is 6.07. The smallest absolute Gasteiger partial charge is 0.248 e. The zero-order valence-electron chi connectivity index (χ0n) is 12.2. The van der Waals surface area contributed by atoms with Gasteiger partial charge >= 0.3 is 0 Å². The second-order valence-electron chi connectivity index (χ2n) is 5.59. The lowest BCUT2D eigenvalue weighted by molar-refractivity contribution is -0.115. The Morgan fingerprint density at radius 2 is 2.19 bits per heavy atom. The maximum absolute atomic E-state index is 11.9. The molecule has 1 saturated carbocycles. The van der Waals surface area contributed by atoms with Crippen LogP contribution in [0.15, 0.2) is 18.7 Å². The van der Waals surface area contributed by atoms with E-state index < -0.39 is 0 Å². The van der Waals surface area contributed by atoms with E-state index in [-0.39, 0.29) is 12.3 Å². The highest BCUT2D eigenvalue weighted by Crippen LogP contribution is 2.27. The van der Waals surface area contributed by atoms with Crippen molar-refractivity contribution < 1.29 is 4.79 Å². The molecule has 0 bridgehead atoms. The lowest BCUT2D eigenvalue weighted by Crippen LogP contribution is -2.17. The highest BCUT2D eigenvalue weighted by atomic mass is 16.1. The predicted octanol–water partition coefficient (Wildman–Crippen LogP) is 1.70. The SMILES string of the molecule is Cn1cc(CC(=O)Nc2ncn(C3CCCCC3)n2)cn1. The minimum Gasteiger partial charge on any atom is -0.293 e. The van der Waals surface area contributed by atoms with Crippen molar-refractivity contribution in [3.63, 3.8) is 0 Å². The number of nitrogens with zero attached hydrogens (tertiary/aromatic N) is 5. The van der Waals surface area contributed by atoms with Gasteiger partial charge in [0.05, 0.1) is 18.7 Å². The Kier molecular flexibility index (Phi) is 3.98. The molecule has 0 aromatic carbocycles. The number of anilines is 1. The van der Waals surface area contributed by atoms with E-state index in [2.05, 4.69) is 20.5 Å². The van der Waals surface area contributed by atoms with Crippen LogP contribution >= 0.6 is 0 Å². The summed E-state index contributed by atoms with van der Waals surface area (Å²) in [6, 6.07) is 0.426. The zero-order valence-corrected chi connectivity index (χ0v) is 12.2. The summed E-state index contributed by atoms with van der Waals surface area (Å²) in [6.07, 6.45) is 11.6. The molecule has 2 aromatic heterocycles. The van der Waals surface area contributed by atoms with Gasteiger partial charge in [-0.2, -0.15) is 5.10 Å². The minimum absolute atomic E-state index is 0.121. The summed E-state index contributed by atoms with van der Waals surface area (Å²) in [7, 11) is 1.83. The van der Waals surface area contributed by atoms with E-state index in [9.17, 15) is 4.79 Å². The number of carbonyl (C=O) groups excluding carboxylic acids is 1. The average molecular weight is 288 g/mol. The van der Waals surface area contributed by atoms with Crippen molar-refractivity contribution in [2.45, 2.75) is 44.6 Å². The van der Waals surface area contributed by atoms with E-state index >= 15 is 0 Å². The molecule has 2 aromatic rings. The lowest BCUT2D eigenvalue weighted by Gasteiger charge is -2.21. The Bertz CT molecular complexity index is 611. The van der Waals surface area contributed by atoms with Crippen molar-refractivity contribution in [2.24, 2.45) is 7.05 Å². The number of hydrogen-bond donors (Lipinski definition) is 1. The van der Waals surface area contributed by atoms with E-state index in [0.29, 0.717) is 12.0 Å². The quantitative estimate of drug-likeness (QED) is 0.929. The molecule has 1 fully saturated rings. The van der Waals surface area contributed by atoms with Crippen LogP contribution in [-0.4, -0.2) is 30.5 Å². The van der Waals surface area contributed by atoms with Gasteiger partial charge < -0.3 is 0 Å². The highest BCUT2D eigenvalue weighted by Gasteiger charge is 2.17. The maximum Gasteiger partial charge on any atom is 0.248 e. The van der Waals surface area contributed by atoms with Crippen molar-refractivity contribution in [1.82, 2.24) is 24.5 Å². The van der Waals surface area contributed by atoms with Gasteiger partial charge in [-0.15, -0.1) is 5.10 Å². The van der Waals surface area contributed by atoms with Crippen LogP contribution < -0.4 is 5.32 Å².